The van der Waals surface area contributed by atoms with Crippen LogP contribution in [0.4, 0.5) is 0 Å². The van der Waals surface area contributed by atoms with Gasteiger partial charge in [0.15, 0.2) is 0 Å². The number of aldehydes is 1. The van der Waals surface area contributed by atoms with Crippen molar-refractivity contribution in [1.29, 1.82) is 0 Å². The van der Waals surface area contributed by atoms with Crippen molar-refractivity contribution in [3.05, 3.63) is 12.3 Å². The molecule has 0 amide bonds. The Morgan fingerprint density at radius 3 is 2.88 bits per heavy atom. The fraction of sp³-hybridized carbons (Fsp3) is 0.500. The zero-order valence-corrected chi connectivity index (χ0v) is 4.76. The van der Waals surface area contributed by atoms with Gasteiger partial charge in [-0.1, -0.05) is 0 Å². The van der Waals surface area contributed by atoms with Crippen LogP contribution in [-0.2, 0) is 9.53 Å². The summed E-state index contributed by atoms with van der Waals surface area (Å²) in [7, 11) is 0. The van der Waals surface area contributed by atoms with Crippen LogP contribution >= 0.6 is 0 Å². The van der Waals surface area contributed by atoms with Gasteiger partial charge in [-0.15, -0.1) is 0 Å². The van der Waals surface area contributed by atoms with Crippen LogP contribution in [0.3, 0.4) is 0 Å². The number of hydrogen-bond donors (Lipinski definition) is 0. The van der Waals surface area contributed by atoms with Crippen LogP contribution in [-0.4, -0.2) is 12.9 Å². The molecule has 1 rings (SSSR count). The first-order chi connectivity index (χ1) is 3.77. The predicted octanol–water partition coefficient (Wildman–Crippen LogP) is 0.736. The number of carbonyl (C=O) groups is 1. The first kappa shape index (κ1) is 5.35. The number of hydrogen-bond acceptors (Lipinski definition) is 2. The molecule has 2 nitrogen and oxygen atoms in total. The summed E-state index contributed by atoms with van der Waals surface area (Å²) in [6.45, 7) is 2.33. The summed E-state index contributed by atoms with van der Waals surface area (Å²) < 4.78 is 4.84. The molecule has 1 atom stereocenters. The summed E-state index contributed by atoms with van der Waals surface area (Å²) in [5, 5.41) is 0. The van der Waals surface area contributed by atoms with Crippen molar-refractivity contribution in [2.24, 2.45) is 5.41 Å². The summed E-state index contributed by atoms with van der Waals surface area (Å²) in [5.74, 6) is 0. The van der Waals surface area contributed by atoms with Crippen LogP contribution in [0.2, 0.25) is 0 Å². The molecule has 1 unspecified atom stereocenters. The molecule has 0 N–H and O–H groups in total. The third-order valence-electron chi connectivity index (χ3n) is 1.21. The Labute approximate surface area is 48.1 Å². The molecule has 0 saturated carbocycles. The highest BCUT2D eigenvalue weighted by atomic mass is 16.5. The van der Waals surface area contributed by atoms with E-state index in [1.807, 2.05) is 6.92 Å². The normalized spacial score (nSPS) is 34.6. The van der Waals surface area contributed by atoms with E-state index in [1.54, 1.807) is 12.3 Å². The van der Waals surface area contributed by atoms with Crippen molar-refractivity contribution in [2.45, 2.75) is 6.92 Å². The second kappa shape index (κ2) is 1.62. The smallest absolute Gasteiger partial charge is 0.133 e. The maximum absolute atomic E-state index is 10.2. The highest BCUT2D eigenvalue weighted by Crippen LogP contribution is 2.20. The van der Waals surface area contributed by atoms with E-state index >= 15 is 0 Å². The van der Waals surface area contributed by atoms with Crippen molar-refractivity contribution in [1.82, 2.24) is 0 Å². The maximum Gasteiger partial charge on any atom is 0.133 e. The van der Waals surface area contributed by atoms with E-state index in [4.69, 9.17) is 4.74 Å². The quantitative estimate of drug-likeness (QED) is 0.467. The first-order valence-corrected chi connectivity index (χ1v) is 2.52. The summed E-state index contributed by atoms with van der Waals surface area (Å²) >= 11 is 0. The fourth-order valence-electron chi connectivity index (χ4n) is 0.553. The van der Waals surface area contributed by atoms with E-state index < -0.39 is 0 Å². The summed E-state index contributed by atoms with van der Waals surface area (Å²) in [4.78, 5) is 10.2. The lowest BCUT2D eigenvalue weighted by Crippen LogP contribution is -2.16. The van der Waals surface area contributed by atoms with Gasteiger partial charge < -0.3 is 9.53 Å². The molecule has 1 heterocycles. The van der Waals surface area contributed by atoms with Crippen LogP contribution in [0.5, 0.6) is 0 Å². The minimum absolute atomic E-state index is 0.347. The van der Waals surface area contributed by atoms with Gasteiger partial charge in [0, 0.05) is 0 Å². The third kappa shape index (κ3) is 0.735. The molecular formula is C6H8O2. The Morgan fingerprint density at radius 1 is 1.88 bits per heavy atom. The standard InChI is InChI=1S/C6H8O2/c1-6(4-7)2-3-8-5-6/h2-4H,5H2,1H3. The number of rotatable bonds is 1. The summed E-state index contributed by atoms with van der Waals surface area (Å²) in [6.07, 6.45) is 4.23. The van der Waals surface area contributed by atoms with E-state index in [0.29, 0.717) is 6.61 Å². The maximum atomic E-state index is 10.2. The zero-order valence-electron chi connectivity index (χ0n) is 4.76. The minimum Gasteiger partial charge on any atom is -0.500 e. The second-order valence-corrected chi connectivity index (χ2v) is 2.24. The van der Waals surface area contributed by atoms with Gasteiger partial charge in [0.2, 0.25) is 0 Å². The highest BCUT2D eigenvalue weighted by molar-refractivity contribution is 5.62. The molecule has 0 aliphatic carbocycles. The van der Waals surface area contributed by atoms with Gasteiger partial charge in [-0.3, -0.25) is 0 Å². The van der Waals surface area contributed by atoms with E-state index in [-0.39, 0.29) is 5.41 Å². The average molecular weight is 112 g/mol. The van der Waals surface area contributed by atoms with Crippen LogP contribution in [0.1, 0.15) is 6.92 Å². The largest absolute Gasteiger partial charge is 0.500 e. The minimum atomic E-state index is -0.347. The molecule has 1 aliphatic heterocycles. The Balaban J connectivity index is 2.67. The summed E-state index contributed by atoms with van der Waals surface area (Å²) in [5.41, 5.74) is -0.347. The van der Waals surface area contributed by atoms with Gasteiger partial charge in [0.05, 0.1) is 11.7 Å². The van der Waals surface area contributed by atoms with Crippen molar-refractivity contribution in [3.63, 3.8) is 0 Å². The van der Waals surface area contributed by atoms with Gasteiger partial charge in [-0.25, -0.2) is 0 Å². The molecule has 0 radical (unpaired) electrons. The zero-order chi connectivity index (χ0) is 6.04. The Kier molecular flexibility index (Phi) is 1.08. The molecule has 2 heteroatoms. The molecule has 0 fully saturated rings. The van der Waals surface area contributed by atoms with Crippen molar-refractivity contribution >= 4 is 6.29 Å². The Hall–Kier alpha value is -0.790. The van der Waals surface area contributed by atoms with Crippen LogP contribution in [0, 0.1) is 5.41 Å². The highest BCUT2D eigenvalue weighted by Gasteiger charge is 2.24. The molecule has 44 valence electrons. The monoisotopic (exact) mass is 112 g/mol. The van der Waals surface area contributed by atoms with E-state index in [0.717, 1.165) is 6.29 Å². The summed E-state index contributed by atoms with van der Waals surface area (Å²) in [6, 6.07) is 0. The van der Waals surface area contributed by atoms with Gasteiger partial charge in [-0.05, 0) is 13.0 Å². The van der Waals surface area contributed by atoms with E-state index in [9.17, 15) is 4.79 Å². The third-order valence-corrected chi connectivity index (χ3v) is 1.21. The van der Waals surface area contributed by atoms with Crippen molar-refractivity contribution in [3.8, 4) is 0 Å². The molecule has 0 aromatic carbocycles. The lowest BCUT2D eigenvalue weighted by molar-refractivity contribution is -0.114. The molecule has 0 bridgehead atoms. The molecule has 0 spiro atoms. The predicted molar refractivity (Wildman–Crippen MR) is 29.3 cm³/mol. The van der Waals surface area contributed by atoms with Crippen molar-refractivity contribution < 1.29 is 9.53 Å². The van der Waals surface area contributed by atoms with Crippen molar-refractivity contribution in [2.75, 3.05) is 6.61 Å². The lowest BCUT2D eigenvalue weighted by Gasteiger charge is -2.07. The molecule has 8 heavy (non-hydrogen) atoms. The Morgan fingerprint density at radius 2 is 2.62 bits per heavy atom. The SMILES string of the molecule is CC1(C=O)C=COC1. The topological polar surface area (TPSA) is 26.3 Å². The van der Waals surface area contributed by atoms with Gasteiger partial charge >= 0.3 is 0 Å². The molecule has 0 aromatic heterocycles. The lowest BCUT2D eigenvalue weighted by atomic mass is 9.96. The Bertz CT molecular complexity index is 128. The fourth-order valence-corrected chi connectivity index (χ4v) is 0.553. The molecule has 0 saturated heterocycles. The van der Waals surface area contributed by atoms with E-state index in [2.05, 4.69) is 0 Å². The second-order valence-electron chi connectivity index (χ2n) is 2.24. The van der Waals surface area contributed by atoms with Crippen LogP contribution in [0.25, 0.3) is 0 Å². The van der Waals surface area contributed by atoms with Crippen LogP contribution in [0.15, 0.2) is 12.3 Å². The number of ether oxygens (including phenoxy) is 1. The first-order valence-electron chi connectivity index (χ1n) is 2.52. The van der Waals surface area contributed by atoms with Gasteiger partial charge in [0.25, 0.3) is 0 Å². The molecule has 0 aromatic rings. The molecular weight excluding hydrogens is 104 g/mol. The van der Waals surface area contributed by atoms with Crippen LogP contribution < -0.4 is 0 Å². The molecule has 1 aliphatic rings. The average Bonchev–Trinajstić information content (AvgIpc) is 2.17. The van der Waals surface area contributed by atoms with Gasteiger partial charge in [-0.2, -0.15) is 0 Å². The number of carbonyl (C=O) groups excluding carboxylic acids is 1. The van der Waals surface area contributed by atoms with Gasteiger partial charge in [0.1, 0.15) is 12.9 Å². The van der Waals surface area contributed by atoms with E-state index in [1.165, 1.54) is 0 Å².